The van der Waals surface area contributed by atoms with E-state index in [1.165, 1.54) is 0 Å². The SMILES string of the molecule is O=C(NC[C@H](Cc1c(Cl)cccc1Cl)C(=O)O)OCC1c2ccccc2-c2ccccc21. The maximum atomic E-state index is 12.4. The molecular weight excluding hydrogens is 449 g/mol. The second-order valence-corrected chi connectivity index (χ2v) is 8.46. The predicted molar refractivity (Wildman–Crippen MR) is 124 cm³/mol. The maximum absolute atomic E-state index is 12.4. The van der Waals surface area contributed by atoms with E-state index in [0.29, 0.717) is 15.6 Å². The molecule has 0 radical (unpaired) electrons. The lowest BCUT2D eigenvalue weighted by molar-refractivity contribution is -0.141. The number of fused-ring (bicyclic) bond motifs is 3. The fourth-order valence-electron chi connectivity index (χ4n) is 4.08. The van der Waals surface area contributed by atoms with Crippen molar-refractivity contribution in [3.8, 4) is 11.1 Å². The van der Waals surface area contributed by atoms with Crippen LogP contribution < -0.4 is 5.32 Å². The Labute approximate surface area is 195 Å². The van der Waals surface area contributed by atoms with Gasteiger partial charge in [-0.15, -0.1) is 0 Å². The Balaban J connectivity index is 1.38. The summed E-state index contributed by atoms with van der Waals surface area (Å²) < 4.78 is 5.47. The molecule has 7 heteroatoms. The number of benzene rings is 3. The monoisotopic (exact) mass is 469 g/mol. The Bertz CT molecular complexity index is 1100. The van der Waals surface area contributed by atoms with Crippen LogP contribution in [0.4, 0.5) is 4.79 Å². The Morgan fingerprint density at radius 1 is 0.906 bits per heavy atom. The van der Waals surface area contributed by atoms with Gasteiger partial charge in [-0.1, -0.05) is 77.8 Å². The van der Waals surface area contributed by atoms with Crippen LogP contribution in [0.25, 0.3) is 11.1 Å². The van der Waals surface area contributed by atoms with Crippen molar-refractivity contribution in [2.45, 2.75) is 12.3 Å². The van der Waals surface area contributed by atoms with Gasteiger partial charge in [0.15, 0.2) is 0 Å². The Morgan fingerprint density at radius 2 is 1.47 bits per heavy atom. The van der Waals surface area contributed by atoms with E-state index in [4.69, 9.17) is 27.9 Å². The summed E-state index contributed by atoms with van der Waals surface area (Å²) >= 11 is 12.3. The topological polar surface area (TPSA) is 75.6 Å². The fourth-order valence-corrected chi connectivity index (χ4v) is 4.63. The minimum Gasteiger partial charge on any atom is -0.481 e. The van der Waals surface area contributed by atoms with Gasteiger partial charge in [0.25, 0.3) is 0 Å². The number of halogens is 2. The molecule has 1 aliphatic rings. The summed E-state index contributed by atoms with van der Waals surface area (Å²) in [7, 11) is 0. The fraction of sp³-hybridized carbons (Fsp3) is 0.200. The lowest BCUT2D eigenvalue weighted by Crippen LogP contribution is -2.35. The van der Waals surface area contributed by atoms with Gasteiger partial charge in [-0.2, -0.15) is 0 Å². The van der Waals surface area contributed by atoms with E-state index >= 15 is 0 Å². The number of aliphatic carboxylic acids is 1. The molecule has 1 aliphatic carbocycles. The zero-order valence-corrected chi connectivity index (χ0v) is 18.6. The van der Waals surface area contributed by atoms with Crippen LogP contribution in [0.2, 0.25) is 10.0 Å². The third kappa shape index (κ3) is 4.59. The zero-order chi connectivity index (χ0) is 22.7. The molecule has 0 aromatic heterocycles. The number of amides is 1. The van der Waals surface area contributed by atoms with E-state index in [9.17, 15) is 14.7 Å². The summed E-state index contributed by atoms with van der Waals surface area (Å²) in [6.45, 7) is 0.0570. The minimum absolute atomic E-state index is 0.0645. The average molecular weight is 470 g/mol. The largest absolute Gasteiger partial charge is 0.481 e. The summed E-state index contributed by atoms with van der Waals surface area (Å²) in [6.07, 6.45) is -0.569. The van der Waals surface area contributed by atoms with Crippen LogP contribution in [-0.4, -0.2) is 30.3 Å². The Morgan fingerprint density at radius 3 is 2.03 bits per heavy atom. The van der Waals surface area contributed by atoms with Crippen LogP contribution in [0, 0.1) is 5.92 Å². The van der Waals surface area contributed by atoms with Gasteiger partial charge in [-0.3, -0.25) is 4.79 Å². The Kier molecular flexibility index (Phi) is 6.68. The maximum Gasteiger partial charge on any atom is 0.407 e. The number of hydrogen-bond donors (Lipinski definition) is 2. The first-order chi connectivity index (χ1) is 15.5. The number of carboxylic acid groups (broad SMARTS) is 1. The van der Waals surface area contributed by atoms with Crippen molar-refractivity contribution < 1.29 is 19.4 Å². The summed E-state index contributed by atoms with van der Waals surface area (Å²) in [5.74, 6) is -2.02. The quantitative estimate of drug-likeness (QED) is 0.460. The Hall–Kier alpha value is -3.02. The number of hydrogen-bond acceptors (Lipinski definition) is 3. The summed E-state index contributed by atoms with van der Waals surface area (Å²) in [5.41, 5.74) is 5.04. The molecule has 3 aromatic rings. The normalized spacial score (nSPS) is 13.2. The third-order valence-corrected chi connectivity index (χ3v) is 6.41. The van der Waals surface area contributed by atoms with Crippen LogP contribution >= 0.6 is 23.2 Å². The van der Waals surface area contributed by atoms with Crippen molar-refractivity contribution in [2.24, 2.45) is 5.92 Å². The van der Waals surface area contributed by atoms with Crippen molar-refractivity contribution in [2.75, 3.05) is 13.2 Å². The molecule has 0 heterocycles. The predicted octanol–water partition coefficient (Wildman–Crippen LogP) is 5.78. The molecule has 0 saturated heterocycles. The second kappa shape index (κ2) is 9.63. The second-order valence-electron chi connectivity index (χ2n) is 7.65. The first-order valence-electron chi connectivity index (χ1n) is 10.2. The molecule has 1 atom stereocenters. The summed E-state index contributed by atoms with van der Waals surface area (Å²) in [5, 5.41) is 12.9. The van der Waals surface area contributed by atoms with Gasteiger partial charge in [0.1, 0.15) is 6.61 Å². The van der Waals surface area contributed by atoms with Gasteiger partial charge >= 0.3 is 12.1 Å². The number of alkyl carbamates (subject to hydrolysis) is 1. The van der Waals surface area contributed by atoms with Crippen LogP contribution in [0.1, 0.15) is 22.6 Å². The van der Waals surface area contributed by atoms with Crippen LogP contribution in [0.3, 0.4) is 0 Å². The summed E-state index contributed by atoms with van der Waals surface area (Å²) in [6, 6.07) is 21.1. The molecule has 3 aromatic carbocycles. The summed E-state index contributed by atoms with van der Waals surface area (Å²) in [4.78, 5) is 24.1. The number of rotatable bonds is 7. The minimum atomic E-state index is -1.06. The first kappa shape index (κ1) is 22.2. The van der Waals surface area contributed by atoms with Gasteiger partial charge in [0, 0.05) is 22.5 Å². The van der Waals surface area contributed by atoms with Gasteiger partial charge in [0.2, 0.25) is 0 Å². The molecule has 4 rings (SSSR count). The van der Waals surface area contributed by atoms with E-state index < -0.39 is 18.0 Å². The number of ether oxygens (including phenoxy) is 1. The molecular formula is C25H21Cl2NO4. The van der Waals surface area contributed by atoms with Crippen LogP contribution in [0.5, 0.6) is 0 Å². The standard InChI is InChI=1S/C25H21Cl2NO4/c26-22-10-5-11-23(27)20(22)12-15(24(29)30)13-28-25(31)32-14-21-18-8-3-1-6-16(18)17-7-2-4-9-19(17)21/h1-11,15,21H,12-14H2,(H,28,31)(H,29,30)/t15-/m0/s1. The lowest BCUT2D eigenvalue weighted by atomic mass is 9.98. The molecule has 32 heavy (non-hydrogen) atoms. The molecule has 5 nitrogen and oxygen atoms in total. The third-order valence-electron chi connectivity index (χ3n) is 5.70. The van der Waals surface area contributed by atoms with E-state index in [2.05, 4.69) is 17.4 Å². The highest BCUT2D eigenvalue weighted by Crippen LogP contribution is 2.44. The highest BCUT2D eigenvalue weighted by Gasteiger charge is 2.29. The molecule has 1 amide bonds. The first-order valence-corrected chi connectivity index (χ1v) is 11.0. The highest BCUT2D eigenvalue weighted by atomic mass is 35.5. The van der Waals surface area contributed by atoms with Gasteiger partial charge < -0.3 is 15.2 Å². The van der Waals surface area contributed by atoms with Crippen LogP contribution in [0.15, 0.2) is 66.7 Å². The van der Waals surface area contributed by atoms with Crippen molar-refractivity contribution in [3.63, 3.8) is 0 Å². The van der Waals surface area contributed by atoms with Crippen molar-refractivity contribution >= 4 is 35.3 Å². The molecule has 0 unspecified atom stereocenters. The van der Waals surface area contributed by atoms with Crippen molar-refractivity contribution in [1.82, 2.24) is 5.32 Å². The van der Waals surface area contributed by atoms with E-state index in [0.717, 1.165) is 22.3 Å². The van der Waals surface area contributed by atoms with Gasteiger partial charge in [0.05, 0.1) is 5.92 Å². The molecule has 0 spiro atoms. The molecule has 0 fully saturated rings. The molecule has 0 saturated carbocycles. The number of carboxylic acids is 1. The lowest BCUT2D eigenvalue weighted by Gasteiger charge is -2.17. The average Bonchev–Trinajstić information content (AvgIpc) is 3.10. The van der Waals surface area contributed by atoms with Gasteiger partial charge in [-0.05, 0) is 46.4 Å². The van der Waals surface area contributed by atoms with E-state index in [1.807, 2.05) is 36.4 Å². The van der Waals surface area contributed by atoms with Crippen LogP contribution in [-0.2, 0) is 16.0 Å². The molecule has 0 bridgehead atoms. The van der Waals surface area contributed by atoms with E-state index in [-0.39, 0.29) is 25.5 Å². The molecule has 2 N–H and O–H groups in total. The van der Waals surface area contributed by atoms with Crippen molar-refractivity contribution in [3.05, 3.63) is 93.5 Å². The number of carbonyl (C=O) groups excluding carboxylic acids is 1. The number of carbonyl (C=O) groups is 2. The smallest absolute Gasteiger partial charge is 0.407 e. The zero-order valence-electron chi connectivity index (χ0n) is 17.1. The van der Waals surface area contributed by atoms with Crippen molar-refractivity contribution in [1.29, 1.82) is 0 Å². The van der Waals surface area contributed by atoms with E-state index in [1.54, 1.807) is 18.2 Å². The van der Waals surface area contributed by atoms with Gasteiger partial charge in [-0.25, -0.2) is 4.79 Å². The molecule has 0 aliphatic heterocycles. The molecule has 164 valence electrons. The highest BCUT2D eigenvalue weighted by molar-refractivity contribution is 6.36. The number of nitrogens with one attached hydrogen (secondary N) is 1.